The Hall–Kier alpha value is -1.22. The number of ether oxygens (including phenoxy) is 2. The minimum atomic E-state index is -1.77. The molecule has 172 valence electrons. The van der Waals surface area contributed by atoms with Crippen LogP contribution >= 0.6 is 0 Å². The predicted octanol–water partition coefficient (Wildman–Crippen LogP) is -3.96. The fourth-order valence-electron chi connectivity index (χ4n) is 3.03. The molecule has 0 aliphatic carbocycles. The van der Waals surface area contributed by atoms with E-state index in [1.54, 1.807) is 0 Å². The molecule has 9 atom stereocenters. The Balaban J connectivity index is 1.77. The third kappa shape index (κ3) is 6.64. The third-order valence-corrected chi connectivity index (χ3v) is 4.94. The molecule has 1 saturated heterocycles. The number of aliphatic hydroxyl groups excluding tert-OH is 8. The van der Waals surface area contributed by atoms with Gasteiger partial charge in [-0.1, -0.05) is 30.3 Å². The molecule has 1 aliphatic heterocycles. The van der Waals surface area contributed by atoms with Gasteiger partial charge in [-0.05, 0) is 5.56 Å². The van der Waals surface area contributed by atoms with E-state index in [9.17, 15) is 35.7 Å². The lowest BCUT2D eigenvalue weighted by Gasteiger charge is -2.40. The van der Waals surface area contributed by atoms with E-state index in [-0.39, 0.29) is 6.54 Å². The summed E-state index contributed by atoms with van der Waals surface area (Å²) in [5.74, 6) is 0. The smallest absolute Gasteiger partial charge is 0.186 e. The highest BCUT2D eigenvalue weighted by atomic mass is 16.7. The van der Waals surface area contributed by atoms with Gasteiger partial charge < -0.3 is 55.6 Å². The van der Waals surface area contributed by atoms with Crippen molar-refractivity contribution < 1.29 is 50.3 Å². The Morgan fingerprint density at radius 1 is 0.900 bits per heavy atom. The van der Waals surface area contributed by atoms with Crippen LogP contribution in [0.2, 0.25) is 0 Å². The number of benzene rings is 1. The van der Waals surface area contributed by atoms with Crippen molar-refractivity contribution in [2.75, 3.05) is 19.8 Å². The minimum absolute atomic E-state index is 0.0482. The minimum Gasteiger partial charge on any atom is -0.394 e. The molecule has 1 heterocycles. The van der Waals surface area contributed by atoms with Crippen molar-refractivity contribution in [3.63, 3.8) is 0 Å². The van der Waals surface area contributed by atoms with Crippen LogP contribution in [0, 0.1) is 0 Å². The van der Waals surface area contributed by atoms with Crippen molar-refractivity contribution >= 4 is 0 Å². The van der Waals surface area contributed by atoms with Crippen molar-refractivity contribution in [2.45, 2.75) is 61.7 Å². The highest BCUT2D eigenvalue weighted by Crippen LogP contribution is 2.22. The quantitative estimate of drug-likeness (QED) is 0.165. The first-order chi connectivity index (χ1) is 14.3. The Labute approximate surface area is 173 Å². The van der Waals surface area contributed by atoms with Crippen LogP contribution in [0.4, 0.5) is 0 Å². The molecule has 2 rings (SSSR count). The van der Waals surface area contributed by atoms with Gasteiger partial charge in [-0.25, -0.2) is 0 Å². The standard InChI is InChI=1S/C19H31NO10/c21-8-13-16(26)17(27)18(28)19(30-13)29-9-12(23)15(25)14(24)11(22)7-20-6-10-4-2-1-3-5-10/h1-5,11-28H,6-9H2/t11?,12?,13-,14?,15?,16+,17+,18-,19+/m1/s1. The monoisotopic (exact) mass is 433 g/mol. The van der Waals surface area contributed by atoms with Gasteiger partial charge in [-0.15, -0.1) is 0 Å². The van der Waals surface area contributed by atoms with E-state index in [4.69, 9.17) is 14.6 Å². The summed E-state index contributed by atoms with van der Waals surface area (Å²) in [5.41, 5.74) is 0.965. The maximum Gasteiger partial charge on any atom is 0.186 e. The second kappa shape index (κ2) is 12.0. The van der Waals surface area contributed by atoms with Gasteiger partial charge in [0.05, 0.1) is 19.3 Å². The van der Waals surface area contributed by atoms with Gasteiger partial charge in [0.15, 0.2) is 6.29 Å². The van der Waals surface area contributed by atoms with Crippen LogP contribution in [-0.4, -0.2) is 116 Å². The number of aliphatic hydroxyl groups is 8. The van der Waals surface area contributed by atoms with Crippen molar-refractivity contribution in [3.05, 3.63) is 35.9 Å². The summed E-state index contributed by atoms with van der Waals surface area (Å²) in [7, 11) is 0. The van der Waals surface area contributed by atoms with Gasteiger partial charge in [-0.2, -0.15) is 0 Å². The summed E-state index contributed by atoms with van der Waals surface area (Å²) in [5, 5.41) is 81.5. The second-order valence-corrected chi connectivity index (χ2v) is 7.26. The average molecular weight is 433 g/mol. The molecular weight excluding hydrogens is 402 g/mol. The highest BCUT2D eigenvalue weighted by molar-refractivity contribution is 5.14. The molecule has 30 heavy (non-hydrogen) atoms. The SMILES string of the molecule is OC[C@H]1O[C@H](OCC(O)C(O)C(O)C(O)CNCc2ccccc2)[C@H](O)[C@@H](O)[C@H]1O. The lowest BCUT2D eigenvalue weighted by molar-refractivity contribution is -0.306. The fourth-order valence-corrected chi connectivity index (χ4v) is 3.03. The van der Waals surface area contributed by atoms with Crippen LogP contribution in [0.25, 0.3) is 0 Å². The van der Waals surface area contributed by atoms with E-state index in [1.807, 2.05) is 30.3 Å². The van der Waals surface area contributed by atoms with Gasteiger partial charge in [0.2, 0.25) is 0 Å². The Kier molecular flexibility index (Phi) is 10.0. The number of rotatable bonds is 11. The zero-order chi connectivity index (χ0) is 22.3. The third-order valence-electron chi connectivity index (χ3n) is 4.94. The molecule has 0 saturated carbocycles. The molecule has 1 aliphatic rings. The molecule has 11 heteroatoms. The summed E-state index contributed by atoms with van der Waals surface area (Å²) in [6, 6.07) is 9.34. The topological polar surface area (TPSA) is 192 Å². The Morgan fingerprint density at radius 2 is 1.53 bits per heavy atom. The molecule has 11 nitrogen and oxygen atoms in total. The molecule has 0 amide bonds. The van der Waals surface area contributed by atoms with Crippen LogP contribution in [0.5, 0.6) is 0 Å². The first-order valence-electron chi connectivity index (χ1n) is 9.65. The largest absolute Gasteiger partial charge is 0.394 e. The highest BCUT2D eigenvalue weighted by Gasteiger charge is 2.44. The Morgan fingerprint density at radius 3 is 2.17 bits per heavy atom. The van der Waals surface area contributed by atoms with Gasteiger partial charge in [0.25, 0.3) is 0 Å². The van der Waals surface area contributed by atoms with Crippen molar-refractivity contribution in [1.29, 1.82) is 0 Å². The number of hydrogen-bond donors (Lipinski definition) is 9. The Bertz CT molecular complexity index is 606. The van der Waals surface area contributed by atoms with Crippen molar-refractivity contribution in [3.8, 4) is 0 Å². The molecule has 1 aromatic carbocycles. The maximum atomic E-state index is 10.1. The summed E-state index contributed by atoms with van der Waals surface area (Å²) < 4.78 is 10.2. The van der Waals surface area contributed by atoms with E-state index in [2.05, 4.69) is 5.32 Å². The van der Waals surface area contributed by atoms with Crippen LogP contribution < -0.4 is 5.32 Å². The van der Waals surface area contributed by atoms with E-state index < -0.39 is 68.3 Å². The summed E-state index contributed by atoms with van der Waals surface area (Å²) in [4.78, 5) is 0. The molecule has 0 aromatic heterocycles. The lowest BCUT2D eigenvalue weighted by Crippen LogP contribution is -2.59. The zero-order valence-electron chi connectivity index (χ0n) is 16.3. The van der Waals surface area contributed by atoms with Crippen molar-refractivity contribution in [1.82, 2.24) is 5.32 Å². The second-order valence-electron chi connectivity index (χ2n) is 7.26. The summed E-state index contributed by atoms with van der Waals surface area (Å²) in [6.07, 6.45) is -14.0. The van der Waals surface area contributed by atoms with Gasteiger partial charge in [0, 0.05) is 13.1 Å². The van der Waals surface area contributed by atoms with Crippen LogP contribution in [-0.2, 0) is 16.0 Å². The number of hydrogen-bond acceptors (Lipinski definition) is 11. The normalized spacial score (nSPS) is 31.1. The van der Waals surface area contributed by atoms with Crippen LogP contribution in [0.1, 0.15) is 5.56 Å². The van der Waals surface area contributed by atoms with Crippen LogP contribution in [0.3, 0.4) is 0 Å². The summed E-state index contributed by atoms with van der Waals surface area (Å²) in [6.45, 7) is -0.876. The average Bonchev–Trinajstić information content (AvgIpc) is 2.76. The zero-order valence-corrected chi connectivity index (χ0v) is 16.3. The molecule has 0 radical (unpaired) electrons. The molecule has 0 spiro atoms. The molecule has 4 unspecified atom stereocenters. The molecule has 9 N–H and O–H groups in total. The molecule has 0 bridgehead atoms. The van der Waals surface area contributed by atoms with E-state index in [0.717, 1.165) is 5.56 Å². The first kappa shape index (κ1) is 25.0. The summed E-state index contributed by atoms with van der Waals surface area (Å²) >= 11 is 0. The van der Waals surface area contributed by atoms with Gasteiger partial charge in [-0.3, -0.25) is 0 Å². The van der Waals surface area contributed by atoms with Crippen molar-refractivity contribution in [2.24, 2.45) is 0 Å². The molecular formula is C19H31NO10. The number of nitrogens with one attached hydrogen (secondary N) is 1. The maximum absolute atomic E-state index is 10.1. The predicted molar refractivity (Wildman–Crippen MR) is 102 cm³/mol. The van der Waals surface area contributed by atoms with Gasteiger partial charge >= 0.3 is 0 Å². The molecule has 1 aromatic rings. The van der Waals surface area contributed by atoms with E-state index in [0.29, 0.717) is 6.54 Å². The first-order valence-corrected chi connectivity index (χ1v) is 9.65. The van der Waals surface area contributed by atoms with E-state index in [1.165, 1.54) is 0 Å². The molecule has 1 fully saturated rings. The lowest BCUT2D eigenvalue weighted by atomic mass is 9.99. The van der Waals surface area contributed by atoms with E-state index >= 15 is 0 Å². The van der Waals surface area contributed by atoms with Gasteiger partial charge in [0.1, 0.15) is 42.7 Å². The fraction of sp³-hybridized carbons (Fsp3) is 0.684. The van der Waals surface area contributed by atoms with Crippen LogP contribution in [0.15, 0.2) is 30.3 Å².